The minimum Gasteiger partial charge on any atom is -0.349 e. The lowest BCUT2D eigenvalue weighted by Gasteiger charge is -2.23. The molecule has 0 aromatic carbocycles. The van der Waals surface area contributed by atoms with Crippen LogP contribution in [0.4, 0.5) is 0 Å². The number of rotatable bonds is 7. The van der Waals surface area contributed by atoms with Crippen molar-refractivity contribution >= 4 is 5.91 Å². The molecule has 0 spiro atoms. The quantitative estimate of drug-likeness (QED) is 0.724. The number of nitrogens with two attached hydrogens (primary N) is 1. The number of hydrogen-bond donors (Lipinski definition) is 2. The van der Waals surface area contributed by atoms with Gasteiger partial charge in [0.1, 0.15) is 0 Å². The molecule has 20 heavy (non-hydrogen) atoms. The fraction of sp³-hybridized carbons (Fsp3) is 0.769. The SMILES string of the molecule is CN(CCNC(=O)c1cn(CCN)nn1)C1CCCC1. The Morgan fingerprint density at radius 2 is 2.30 bits per heavy atom. The lowest BCUT2D eigenvalue weighted by molar-refractivity contribution is 0.0942. The zero-order valence-electron chi connectivity index (χ0n) is 12.1. The van der Waals surface area contributed by atoms with Crippen LogP contribution < -0.4 is 11.1 Å². The van der Waals surface area contributed by atoms with Crippen molar-refractivity contribution in [2.75, 3.05) is 26.7 Å². The summed E-state index contributed by atoms with van der Waals surface area (Å²) in [6, 6.07) is 0.678. The van der Waals surface area contributed by atoms with Gasteiger partial charge in [-0.1, -0.05) is 18.1 Å². The van der Waals surface area contributed by atoms with E-state index in [4.69, 9.17) is 5.73 Å². The van der Waals surface area contributed by atoms with Crippen LogP contribution in [0.2, 0.25) is 0 Å². The first kappa shape index (κ1) is 14.9. The molecule has 1 fully saturated rings. The molecule has 112 valence electrons. The number of carbonyl (C=O) groups excluding carboxylic acids is 1. The highest BCUT2D eigenvalue weighted by Crippen LogP contribution is 2.21. The molecule has 1 saturated carbocycles. The highest BCUT2D eigenvalue weighted by atomic mass is 16.2. The number of amides is 1. The number of nitrogens with one attached hydrogen (secondary N) is 1. The van der Waals surface area contributed by atoms with Crippen LogP contribution in [0.25, 0.3) is 0 Å². The predicted octanol–water partition coefficient (Wildman–Crippen LogP) is -0.159. The molecule has 1 amide bonds. The third kappa shape index (κ3) is 4.01. The van der Waals surface area contributed by atoms with E-state index in [1.807, 2.05) is 0 Å². The van der Waals surface area contributed by atoms with E-state index in [0.717, 1.165) is 6.54 Å². The molecular formula is C13H24N6O. The highest BCUT2D eigenvalue weighted by molar-refractivity contribution is 5.91. The second-order valence-corrected chi connectivity index (χ2v) is 5.33. The summed E-state index contributed by atoms with van der Waals surface area (Å²) in [5.41, 5.74) is 5.77. The third-order valence-corrected chi connectivity index (χ3v) is 3.83. The zero-order valence-corrected chi connectivity index (χ0v) is 12.1. The van der Waals surface area contributed by atoms with E-state index < -0.39 is 0 Å². The lowest BCUT2D eigenvalue weighted by Crippen LogP contribution is -2.37. The van der Waals surface area contributed by atoms with Gasteiger partial charge in [0.25, 0.3) is 5.91 Å². The first-order chi connectivity index (χ1) is 9.70. The van der Waals surface area contributed by atoms with Crippen LogP contribution in [0.3, 0.4) is 0 Å². The maximum atomic E-state index is 11.9. The van der Waals surface area contributed by atoms with Gasteiger partial charge in [-0.2, -0.15) is 0 Å². The van der Waals surface area contributed by atoms with E-state index in [2.05, 4.69) is 27.6 Å². The fourth-order valence-corrected chi connectivity index (χ4v) is 2.61. The zero-order chi connectivity index (χ0) is 14.4. The largest absolute Gasteiger partial charge is 0.349 e. The minimum absolute atomic E-state index is 0.173. The number of hydrogen-bond acceptors (Lipinski definition) is 5. The van der Waals surface area contributed by atoms with Gasteiger partial charge in [0.05, 0.1) is 12.7 Å². The van der Waals surface area contributed by atoms with Gasteiger partial charge in [-0.05, 0) is 19.9 Å². The molecule has 1 aliphatic rings. The van der Waals surface area contributed by atoms with Gasteiger partial charge in [0, 0.05) is 25.7 Å². The van der Waals surface area contributed by atoms with Crippen molar-refractivity contribution < 1.29 is 4.79 Å². The number of aromatic nitrogens is 3. The average molecular weight is 280 g/mol. The summed E-state index contributed by atoms with van der Waals surface area (Å²) >= 11 is 0. The van der Waals surface area contributed by atoms with Crippen molar-refractivity contribution in [3.05, 3.63) is 11.9 Å². The molecule has 3 N–H and O–H groups in total. The highest BCUT2D eigenvalue weighted by Gasteiger charge is 2.19. The van der Waals surface area contributed by atoms with E-state index in [0.29, 0.717) is 31.4 Å². The summed E-state index contributed by atoms with van der Waals surface area (Å²) in [5.74, 6) is -0.173. The molecule has 1 heterocycles. The van der Waals surface area contributed by atoms with Crippen molar-refractivity contribution in [1.82, 2.24) is 25.2 Å². The Morgan fingerprint density at radius 1 is 1.55 bits per heavy atom. The van der Waals surface area contributed by atoms with Crippen LogP contribution >= 0.6 is 0 Å². The molecule has 2 rings (SSSR count). The monoisotopic (exact) mass is 280 g/mol. The van der Waals surface area contributed by atoms with Crippen LogP contribution in [0.1, 0.15) is 36.2 Å². The summed E-state index contributed by atoms with van der Waals surface area (Å²) in [5, 5.41) is 10.6. The van der Waals surface area contributed by atoms with Gasteiger partial charge < -0.3 is 16.0 Å². The molecule has 0 atom stereocenters. The van der Waals surface area contributed by atoms with E-state index in [1.54, 1.807) is 10.9 Å². The Kier molecular flexibility index (Phi) is 5.49. The molecular weight excluding hydrogens is 256 g/mol. The number of carbonyl (C=O) groups is 1. The summed E-state index contributed by atoms with van der Waals surface area (Å²) in [4.78, 5) is 14.2. The minimum atomic E-state index is -0.173. The van der Waals surface area contributed by atoms with Crippen molar-refractivity contribution in [1.29, 1.82) is 0 Å². The van der Waals surface area contributed by atoms with Gasteiger partial charge in [0.15, 0.2) is 5.69 Å². The maximum Gasteiger partial charge on any atom is 0.273 e. The van der Waals surface area contributed by atoms with Crippen molar-refractivity contribution in [2.45, 2.75) is 38.3 Å². The van der Waals surface area contributed by atoms with Gasteiger partial charge in [0.2, 0.25) is 0 Å². The normalized spacial score (nSPS) is 15.9. The van der Waals surface area contributed by atoms with Crippen LogP contribution in [-0.4, -0.2) is 58.5 Å². The molecule has 0 unspecified atom stereocenters. The number of likely N-dealkylation sites (N-methyl/N-ethyl adjacent to an activating group) is 1. The first-order valence-electron chi connectivity index (χ1n) is 7.29. The molecule has 7 heteroatoms. The Balaban J connectivity index is 1.71. The van der Waals surface area contributed by atoms with Crippen LogP contribution in [-0.2, 0) is 6.54 Å². The molecule has 7 nitrogen and oxygen atoms in total. The molecule has 1 aromatic heterocycles. The first-order valence-corrected chi connectivity index (χ1v) is 7.29. The van der Waals surface area contributed by atoms with Crippen molar-refractivity contribution in [3.63, 3.8) is 0 Å². The predicted molar refractivity (Wildman–Crippen MR) is 76.3 cm³/mol. The van der Waals surface area contributed by atoms with Crippen LogP contribution in [0.15, 0.2) is 6.20 Å². The van der Waals surface area contributed by atoms with Gasteiger partial charge in [-0.25, -0.2) is 0 Å². The van der Waals surface area contributed by atoms with Gasteiger partial charge >= 0.3 is 0 Å². The van der Waals surface area contributed by atoms with Crippen LogP contribution in [0.5, 0.6) is 0 Å². The molecule has 1 aliphatic carbocycles. The Bertz CT molecular complexity index is 426. The summed E-state index contributed by atoms with van der Waals surface area (Å²) < 4.78 is 1.58. The molecule has 0 radical (unpaired) electrons. The smallest absolute Gasteiger partial charge is 0.273 e. The standard InChI is InChI=1S/C13H24N6O/c1-18(11-4-2-3-5-11)9-7-15-13(20)12-10-19(8-6-14)17-16-12/h10-11H,2-9,14H2,1H3,(H,15,20). The topological polar surface area (TPSA) is 89.1 Å². The second kappa shape index (κ2) is 7.35. The molecule has 0 saturated heterocycles. The van der Waals surface area contributed by atoms with E-state index in [1.165, 1.54) is 25.7 Å². The summed E-state index contributed by atoms with van der Waals surface area (Å²) in [7, 11) is 2.12. The van der Waals surface area contributed by atoms with E-state index >= 15 is 0 Å². The lowest BCUT2D eigenvalue weighted by atomic mass is 10.2. The molecule has 1 aromatic rings. The van der Waals surface area contributed by atoms with Gasteiger partial charge in [-0.15, -0.1) is 5.10 Å². The van der Waals surface area contributed by atoms with Crippen molar-refractivity contribution in [3.8, 4) is 0 Å². The average Bonchev–Trinajstić information content (AvgIpc) is 3.10. The Morgan fingerprint density at radius 3 is 3.00 bits per heavy atom. The Hall–Kier alpha value is -1.47. The van der Waals surface area contributed by atoms with E-state index in [9.17, 15) is 4.79 Å². The maximum absolute atomic E-state index is 11.9. The second-order valence-electron chi connectivity index (χ2n) is 5.33. The molecule has 0 aliphatic heterocycles. The van der Waals surface area contributed by atoms with Gasteiger partial charge in [-0.3, -0.25) is 9.48 Å². The van der Waals surface area contributed by atoms with Crippen LogP contribution in [0, 0.1) is 0 Å². The number of nitrogens with zero attached hydrogens (tertiary/aromatic N) is 4. The summed E-state index contributed by atoms with van der Waals surface area (Å²) in [6.45, 7) is 2.56. The third-order valence-electron chi connectivity index (χ3n) is 3.83. The van der Waals surface area contributed by atoms with Crippen molar-refractivity contribution in [2.24, 2.45) is 5.73 Å². The fourth-order valence-electron chi connectivity index (χ4n) is 2.61. The van der Waals surface area contributed by atoms with E-state index in [-0.39, 0.29) is 5.91 Å². The molecule has 0 bridgehead atoms. The summed E-state index contributed by atoms with van der Waals surface area (Å²) in [6.07, 6.45) is 6.83. The Labute approximate surface area is 119 Å².